The SMILES string of the molecule is C[C@@H]1NC(=O)[C@H](C2CCOCC2)OC(=O)C(C)(C)/C=C\c2ccc3ccc(nc3c2)[C@@H](C)NC(=O)[C@@H]2CCCN(N2)C1=O. The molecule has 11 nitrogen and oxygen atoms in total. The Morgan fingerprint density at radius 1 is 0.930 bits per heavy atom. The van der Waals surface area contributed by atoms with Crippen LogP contribution in [0, 0.1) is 11.3 Å². The molecule has 11 heteroatoms. The van der Waals surface area contributed by atoms with E-state index in [1.54, 1.807) is 26.8 Å². The summed E-state index contributed by atoms with van der Waals surface area (Å²) in [5.74, 6) is -1.93. The summed E-state index contributed by atoms with van der Waals surface area (Å²) in [5, 5.41) is 8.13. The van der Waals surface area contributed by atoms with E-state index in [0.29, 0.717) is 51.1 Å². The van der Waals surface area contributed by atoms with Crippen LogP contribution in [-0.4, -0.2) is 71.6 Å². The van der Waals surface area contributed by atoms with Crippen LogP contribution in [0.4, 0.5) is 0 Å². The number of fused-ring (bicyclic) bond motifs is 4. The molecule has 0 aliphatic carbocycles. The standard InChI is InChI=1S/C32H41N5O6/c1-19-24-10-9-22-8-7-21(18-26(22)35-24)11-14-32(3,4)31(41)43-27(23-12-16-42-17-13-23)29(39)34-20(2)30(40)37-15-5-6-25(36-37)28(38)33-19/h7-11,14,18-20,23,25,27,36H,5-6,12-13,15-17H2,1-4H3,(H,33,38)(H,34,39)/b14-11-/t19-,20+,25+,27+/m1/s1. The predicted octanol–water partition coefficient (Wildman–Crippen LogP) is 2.80. The van der Waals surface area contributed by atoms with Crippen LogP contribution in [-0.2, 0) is 28.7 Å². The van der Waals surface area contributed by atoms with Crippen molar-refractivity contribution in [2.24, 2.45) is 11.3 Å². The van der Waals surface area contributed by atoms with Crippen LogP contribution in [0.3, 0.4) is 0 Å². The second kappa shape index (κ2) is 12.8. The van der Waals surface area contributed by atoms with E-state index >= 15 is 0 Å². The van der Waals surface area contributed by atoms with E-state index in [9.17, 15) is 19.2 Å². The molecule has 3 aliphatic rings. The van der Waals surface area contributed by atoms with Gasteiger partial charge < -0.3 is 20.1 Å². The fourth-order valence-corrected chi connectivity index (χ4v) is 5.63. The number of hydrazine groups is 1. The maximum Gasteiger partial charge on any atom is 0.316 e. The number of nitrogens with zero attached hydrogens (tertiary/aromatic N) is 2. The maximum atomic E-state index is 13.6. The van der Waals surface area contributed by atoms with Crippen LogP contribution in [0.2, 0.25) is 0 Å². The zero-order valence-electron chi connectivity index (χ0n) is 25.2. The molecule has 0 spiro atoms. The number of carbonyl (C=O) groups is 4. The van der Waals surface area contributed by atoms with E-state index in [1.165, 1.54) is 5.01 Å². The first-order valence-corrected chi connectivity index (χ1v) is 15.1. The number of carbonyl (C=O) groups excluding carboxylic acids is 4. The number of hydrogen-bond acceptors (Lipinski definition) is 8. The van der Waals surface area contributed by atoms with Crippen molar-refractivity contribution in [3.8, 4) is 0 Å². The van der Waals surface area contributed by atoms with Gasteiger partial charge in [-0.25, -0.2) is 5.43 Å². The van der Waals surface area contributed by atoms with E-state index in [1.807, 2.05) is 43.3 Å². The van der Waals surface area contributed by atoms with Gasteiger partial charge in [0, 0.05) is 31.1 Å². The quantitative estimate of drug-likeness (QED) is 0.431. The largest absolute Gasteiger partial charge is 0.451 e. The van der Waals surface area contributed by atoms with Gasteiger partial charge in [-0.05, 0) is 71.1 Å². The normalized spacial score (nSPS) is 28.6. The molecule has 3 N–H and O–H groups in total. The molecule has 230 valence electrons. The fraction of sp³-hybridized carbons (Fsp3) is 0.531. The molecule has 2 aromatic rings. The van der Waals surface area contributed by atoms with Crippen molar-refractivity contribution >= 4 is 40.7 Å². The summed E-state index contributed by atoms with van der Waals surface area (Å²) in [6, 6.07) is 7.79. The van der Waals surface area contributed by atoms with Gasteiger partial charge in [-0.3, -0.25) is 29.2 Å². The maximum absolute atomic E-state index is 13.6. The van der Waals surface area contributed by atoms with Gasteiger partial charge in [-0.1, -0.05) is 30.4 Å². The Labute approximate surface area is 251 Å². The van der Waals surface area contributed by atoms with Crippen molar-refractivity contribution in [1.82, 2.24) is 26.1 Å². The minimum absolute atomic E-state index is 0.236. The highest BCUT2D eigenvalue weighted by molar-refractivity contribution is 5.91. The Balaban J connectivity index is 1.49. The van der Waals surface area contributed by atoms with E-state index in [2.05, 4.69) is 16.1 Å². The zero-order valence-corrected chi connectivity index (χ0v) is 25.2. The summed E-state index contributed by atoms with van der Waals surface area (Å²) < 4.78 is 11.4. The fourth-order valence-electron chi connectivity index (χ4n) is 5.63. The minimum Gasteiger partial charge on any atom is -0.451 e. The molecule has 43 heavy (non-hydrogen) atoms. The lowest BCUT2D eigenvalue weighted by Gasteiger charge is -2.36. The molecule has 1 aromatic carbocycles. The number of esters is 1. The van der Waals surface area contributed by atoms with Gasteiger partial charge in [0.05, 0.1) is 22.7 Å². The number of cyclic esters (lactones) is 1. The number of ether oxygens (including phenoxy) is 2. The third-order valence-electron chi connectivity index (χ3n) is 8.44. The van der Waals surface area contributed by atoms with Crippen molar-refractivity contribution in [1.29, 1.82) is 0 Å². The number of amides is 3. The average molecular weight is 592 g/mol. The van der Waals surface area contributed by atoms with Crippen molar-refractivity contribution in [3.05, 3.63) is 47.7 Å². The second-order valence-electron chi connectivity index (χ2n) is 12.3. The first-order chi connectivity index (χ1) is 20.5. The van der Waals surface area contributed by atoms with Crippen LogP contribution >= 0.6 is 0 Å². The molecule has 0 unspecified atom stereocenters. The van der Waals surface area contributed by atoms with Crippen molar-refractivity contribution < 1.29 is 28.7 Å². The lowest BCUT2D eigenvalue weighted by Crippen LogP contribution is -2.61. The number of hydrogen-bond donors (Lipinski definition) is 3. The van der Waals surface area contributed by atoms with E-state index in [-0.39, 0.29) is 23.8 Å². The number of rotatable bonds is 1. The van der Waals surface area contributed by atoms with Crippen molar-refractivity contribution in [2.45, 2.75) is 77.6 Å². The number of benzene rings is 1. The van der Waals surface area contributed by atoms with Crippen LogP contribution in [0.5, 0.6) is 0 Å². The molecule has 5 bridgehead atoms. The summed E-state index contributed by atoms with van der Waals surface area (Å²) >= 11 is 0. The van der Waals surface area contributed by atoms with Crippen LogP contribution in [0.25, 0.3) is 17.0 Å². The van der Waals surface area contributed by atoms with Gasteiger partial charge >= 0.3 is 5.97 Å². The third-order valence-corrected chi connectivity index (χ3v) is 8.44. The molecule has 1 aromatic heterocycles. The molecule has 5 rings (SSSR count). The van der Waals surface area contributed by atoms with Gasteiger partial charge in [-0.15, -0.1) is 0 Å². The van der Waals surface area contributed by atoms with E-state index in [4.69, 9.17) is 14.5 Å². The van der Waals surface area contributed by atoms with Crippen LogP contribution in [0.1, 0.15) is 70.7 Å². The number of nitrogens with one attached hydrogen (secondary N) is 3. The van der Waals surface area contributed by atoms with Crippen molar-refractivity contribution in [3.63, 3.8) is 0 Å². The molecule has 2 fully saturated rings. The van der Waals surface area contributed by atoms with Gasteiger partial charge in [-0.2, -0.15) is 0 Å². The van der Waals surface area contributed by atoms with E-state index < -0.39 is 35.5 Å². The molecular weight excluding hydrogens is 550 g/mol. The van der Waals surface area contributed by atoms with Gasteiger partial charge in [0.1, 0.15) is 12.1 Å². The first-order valence-electron chi connectivity index (χ1n) is 15.1. The van der Waals surface area contributed by atoms with Gasteiger partial charge in [0.25, 0.3) is 11.8 Å². The van der Waals surface area contributed by atoms with Gasteiger partial charge in [0.15, 0.2) is 6.10 Å². The smallest absolute Gasteiger partial charge is 0.316 e. The van der Waals surface area contributed by atoms with Gasteiger partial charge in [0.2, 0.25) is 5.91 Å². The zero-order chi connectivity index (χ0) is 30.7. The highest BCUT2D eigenvalue weighted by Gasteiger charge is 2.39. The molecule has 3 aliphatic heterocycles. The molecule has 0 radical (unpaired) electrons. The Hall–Kier alpha value is -3.83. The summed E-state index contributed by atoms with van der Waals surface area (Å²) in [4.78, 5) is 58.5. The predicted molar refractivity (Wildman–Crippen MR) is 160 cm³/mol. The molecule has 2 saturated heterocycles. The Bertz CT molecular complexity index is 1420. The topological polar surface area (TPSA) is 139 Å². The minimum atomic E-state index is -1.08. The lowest BCUT2D eigenvalue weighted by molar-refractivity contribution is -0.168. The van der Waals surface area contributed by atoms with E-state index in [0.717, 1.165) is 16.5 Å². The monoisotopic (exact) mass is 591 g/mol. The second-order valence-corrected chi connectivity index (χ2v) is 12.3. The van der Waals surface area contributed by atoms with Crippen LogP contribution < -0.4 is 16.1 Å². The Morgan fingerprint density at radius 2 is 1.65 bits per heavy atom. The third kappa shape index (κ3) is 7.05. The summed E-state index contributed by atoms with van der Waals surface area (Å²) in [6.45, 7) is 8.26. The first kappa shape index (κ1) is 30.6. The highest BCUT2D eigenvalue weighted by atomic mass is 16.6. The summed E-state index contributed by atoms with van der Waals surface area (Å²) in [6.07, 6.45) is 4.81. The Morgan fingerprint density at radius 3 is 2.42 bits per heavy atom. The number of aromatic nitrogens is 1. The molecule has 3 amide bonds. The molecule has 0 saturated carbocycles. The molecular formula is C32H41N5O6. The lowest BCUT2D eigenvalue weighted by atomic mass is 9.90. The molecule has 4 heterocycles. The average Bonchev–Trinajstić information content (AvgIpc) is 3.01. The van der Waals surface area contributed by atoms with Crippen molar-refractivity contribution in [2.75, 3.05) is 19.8 Å². The summed E-state index contributed by atoms with van der Waals surface area (Å²) in [7, 11) is 0. The number of pyridine rings is 1. The summed E-state index contributed by atoms with van der Waals surface area (Å²) in [5.41, 5.74) is 4.31. The molecule has 4 atom stereocenters. The van der Waals surface area contributed by atoms with Crippen LogP contribution in [0.15, 0.2) is 36.4 Å². The Kier molecular flexibility index (Phi) is 9.12. The highest BCUT2D eigenvalue weighted by Crippen LogP contribution is 2.28.